The highest BCUT2D eigenvalue weighted by Gasteiger charge is 2.36. The molecule has 0 aliphatic carbocycles. The van der Waals surface area contributed by atoms with Gasteiger partial charge in [-0.05, 0) is 56.4 Å². The number of anilines is 2. The number of carbonyl (C=O) groups is 2. The van der Waals surface area contributed by atoms with Crippen molar-refractivity contribution in [2.75, 3.05) is 62.8 Å². The summed E-state index contributed by atoms with van der Waals surface area (Å²) < 4.78 is 12.5. The SMILES string of the molecule is C=CC(=O)N1CCN(c2nc(OC[C@@H]3CCCN3C)nc3c2OCCN(c2cccc4cccc(C)c24)C3=O)C[C@@H]1CC#N. The highest BCUT2D eigenvalue weighted by atomic mass is 16.5. The molecule has 11 heteroatoms. The van der Waals surface area contributed by atoms with Gasteiger partial charge in [-0.3, -0.25) is 9.59 Å². The first-order chi connectivity index (χ1) is 21.4. The molecule has 0 bridgehead atoms. The van der Waals surface area contributed by atoms with E-state index >= 15 is 0 Å². The average Bonchev–Trinajstić information content (AvgIpc) is 3.38. The Kier molecular flexibility index (Phi) is 8.35. The van der Waals surface area contributed by atoms with Crippen LogP contribution in [0, 0.1) is 18.3 Å². The number of ether oxygens (including phenoxy) is 2. The van der Waals surface area contributed by atoms with Crippen molar-refractivity contribution in [3.8, 4) is 17.8 Å². The molecule has 2 fully saturated rings. The van der Waals surface area contributed by atoms with E-state index < -0.39 is 0 Å². The first-order valence-corrected chi connectivity index (χ1v) is 15.1. The van der Waals surface area contributed by atoms with E-state index in [1.807, 2.05) is 48.2 Å². The van der Waals surface area contributed by atoms with Crippen LogP contribution in [0.1, 0.15) is 35.3 Å². The van der Waals surface area contributed by atoms with Gasteiger partial charge in [0, 0.05) is 31.1 Å². The van der Waals surface area contributed by atoms with Crippen LogP contribution in [0.3, 0.4) is 0 Å². The van der Waals surface area contributed by atoms with Crippen molar-refractivity contribution in [1.29, 1.82) is 5.26 Å². The van der Waals surface area contributed by atoms with Gasteiger partial charge in [0.15, 0.2) is 17.3 Å². The van der Waals surface area contributed by atoms with Crippen molar-refractivity contribution in [3.63, 3.8) is 0 Å². The Morgan fingerprint density at radius 3 is 2.73 bits per heavy atom. The van der Waals surface area contributed by atoms with Crippen molar-refractivity contribution in [2.24, 2.45) is 0 Å². The molecule has 1 aromatic heterocycles. The maximum absolute atomic E-state index is 14.4. The molecule has 4 heterocycles. The topological polar surface area (TPSA) is 115 Å². The number of rotatable bonds is 7. The number of nitrogens with zero attached hydrogens (tertiary/aromatic N) is 7. The minimum Gasteiger partial charge on any atom is -0.486 e. The second-order valence-corrected chi connectivity index (χ2v) is 11.5. The minimum atomic E-state index is -0.377. The maximum Gasteiger partial charge on any atom is 0.319 e. The molecule has 0 unspecified atom stereocenters. The second-order valence-electron chi connectivity index (χ2n) is 11.5. The molecule has 44 heavy (non-hydrogen) atoms. The number of benzene rings is 2. The Labute approximate surface area is 257 Å². The number of nitriles is 1. The predicted octanol–water partition coefficient (Wildman–Crippen LogP) is 3.57. The quantitative estimate of drug-likeness (QED) is 0.378. The number of hydrogen-bond acceptors (Lipinski definition) is 9. The number of fused-ring (bicyclic) bond motifs is 2. The molecule has 0 radical (unpaired) electrons. The number of hydrogen-bond donors (Lipinski definition) is 0. The molecular formula is C33H37N7O4. The van der Waals surface area contributed by atoms with Crippen molar-refractivity contribution in [2.45, 2.75) is 38.3 Å². The molecule has 2 saturated heterocycles. The lowest BCUT2D eigenvalue weighted by molar-refractivity contribution is -0.128. The van der Waals surface area contributed by atoms with E-state index in [1.165, 1.54) is 6.08 Å². The summed E-state index contributed by atoms with van der Waals surface area (Å²) in [4.78, 5) is 44.0. The van der Waals surface area contributed by atoms with Gasteiger partial charge in [-0.15, -0.1) is 0 Å². The summed E-state index contributed by atoms with van der Waals surface area (Å²) in [5.74, 6) is 0.207. The lowest BCUT2D eigenvalue weighted by Crippen LogP contribution is -2.55. The smallest absolute Gasteiger partial charge is 0.319 e. The lowest BCUT2D eigenvalue weighted by atomic mass is 10.0. The Morgan fingerprint density at radius 1 is 1.16 bits per heavy atom. The van der Waals surface area contributed by atoms with Crippen LogP contribution in [0.2, 0.25) is 0 Å². The molecule has 3 aromatic rings. The van der Waals surface area contributed by atoms with Crippen LogP contribution in [-0.4, -0.2) is 96.7 Å². The van der Waals surface area contributed by atoms with E-state index in [-0.39, 0.29) is 48.6 Å². The van der Waals surface area contributed by atoms with Gasteiger partial charge in [-0.2, -0.15) is 15.2 Å². The average molecular weight is 596 g/mol. The zero-order chi connectivity index (χ0) is 30.8. The van der Waals surface area contributed by atoms with Crippen LogP contribution in [-0.2, 0) is 4.79 Å². The zero-order valence-electron chi connectivity index (χ0n) is 25.2. The van der Waals surface area contributed by atoms with E-state index in [4.69, 9.17) is 14.5 Å². The molecular weight excluding hydrogens is 558 g/mol. The Morgan fingerprint density at radius 2 is 1.98 bits per heavy atom. The molecule has 6 rings (SSSR count). The summed E-state index contributed by atoms with van der Waals surface area (Å²) in [6.45, 7) is 8.76. The number of aryl methyl sites for hydroxylation is 1. The van der Waals surface area contributed by atoms with E-state index in [9.17, 15) is 14.9 Å². The standard InChI is InChI=1S/C33H37N7O4/c1-4-27(41)39-17-16-38(20-24(39)13-14-34)31-30-29(35-33(36-31)44-21-25-11-7-15-37(25)3)32(42)40(18-19-43-30)26-12-6-10-23-9-5-8-22(2)28(23)26/h4-6,8-10,12,24-25H,1,7,11,13,15-21H2,2-3H3/t24-,25-/m0/s1. The van der Waals surface area contributed by atoms with Crippen molar-refractivity contribution >= 4 is 34.1 Å². The van der Waals surface area contributed by atoms with E-state index in [1.54, 1.807) is 9.80 Å². The summed E-state index contributed by atoms with van der Waals surface area (Å²) >= 11 is 0. The number of likely N-dealkylation sites (tertiary alicyclic amines) is 1. The van der Waals surface area contributed by atoms with Gasteiger partial charge < -0.3 is 29.1 Å². The Bertz CT molecular complexity index is 1630. The van der Waals surface area contributed by atoms with E-state index in [0.29, 0.717) is 44.4 Å². The van der Waals surface area contributed by atoms with Gasteiger partial charge in [0.05, 0.1) is 30.8 Å². The molecule has 0 saturated carbocycles. The molecule has 228 valence electrons. The van der Waals surface area contributed by atoms with Crippen molar-refractivity contribution in [1.82, 2.24) is 19.8 Å². The first-order valence-electron chi connectivity index (χ1n) is 15.1. The van der Waals surface area contributed by atoms with Crippen molar-refractivity contribution in [3.05, 3.63) is 60.3 Å². The molecule has 3 aliphatic heterocycles. The number of piperazine rings is 1. The van der Waals surface area contributed by atoms with Gasteiger partial charge in [0.2, 0.25) is 5.91 Å². The summed E-state index contributed by atoms with van der Waals surface area (Å²) in [5, 5.41) is 11.6. The van der Waals surface area contributed by atoms with Gasteiger partial charge in [0.25, 0.3) is 5.91 Å². The normalized spacial score (nSPS) is 20.6. The van der Waals surface area contributed by atoms with Gasteiger partial charge in [-0.25, -0.2) is 0 Å². The molecule has 2 amide bonds. The molecule has 2 aromatic carbocycles. The molecule has 0 spiro atoms. The first kappa shape index (κ1) is 29.4. The third-order valence-electron chi connectivity index (χ3n) is 8.86. The summed E-state index contributed by atoms with van der Waals surface area (Å²) in [6.07, 6.45) is 3.53. The number of aromatic nitrogens is 2. The summed E-state index contributed by atoms with van der Waals surface area (Å²) in [7, 11) is 2.07. The monoisotopic (exact) mass is 595 g/mol. The molecule has 3 aliphatic rings. The van der Waals surface area contributed by atoms with Crippen LogP contribution < -0.4 is 19.3 Å². The van der Waals surface area contributed by atoms with Gasteiger partial charge in [0.1, 0.15) is 13.2 Å². The largest absolute Gasteiger partial charge is 0.486 e. The van der Waals surface area contributed by atoms with E-state index in [2.05, 4.69) is 29.6 Å². The highest BCUT2D eigenvalue weighted by Crippen LogP contribution is 2.38. The third-order valence-corrected chi connectivity index (χ3v) is 8.86. The molecule has 2 atom stereocenters. The van der Waals surface area contributed by atoms with Crippen LogP contribution in [0.15, 0.2) is 49.1 Å². The van der Waals surface area contributed by atoms with Crippen LogP contribution in [0.4, 0.5) is 11.5 Å². The lowest BCUT2D eigenvalue weighted by Gasteiger charge is -2.41. The summed E-state index contributed by atoms with van der Waals surface area (Å²) in [5.41, 5.74) is 2.00. The van der Waals surface area contributed by atoms with Crippen molar-refractivity contribution < 1.29 is 19.1 Å². The molecule has 0 N–H and O–H groups in total. The van der Waals surface area contributed by atoms with Crippen LogP contribution in [0.25, 0.3) is 10.8 Å². The van der Waals surface area contributed by atoms with Crippen LogP contribution >= 0.6 is 0 Å². The fraction of sp³-hybridized carbons (Fsp3) is 0.424. The Balaban J connectivity index is 1.40. The fourth-order valence-electron chi connectivity index (χ4n) is 6.50. The van der Waals surface area contributed by atoms with Gasteiger partial charge >= 0.3 is 6.01 Å². The minimum absolute atomic E-state index is 0.105. The number of carbonyl (C=O) groups excluding carboxylic acids is 2. The van der Waals surface area contributed by atoms with Gasteiger partial charge in [-0.1, -0.05) is 36.9 Å². The van der Waals surface area contributed by atoms with Crippen LogP contribution in [0.5, 0.6) is 11.8 Å². The third kappa shape index (κ3) is 5.53. The maximum atomic E-state index is 14.4. The number of amides is 2. The summed E-state index contributed by atoms with van der Waals surface area (Å²) in [6, 6.07) is 14.2. The van der Waals surface area contributed by atoms with E-state index in [0.717, 1.165) is 41.4 Å². The molecule has 11 nitrogen and oxygen atoms in total. The Hall–Kier alpha value is -4.69. The zero-order valence-corrected chi connectivity index (χ0v) is 25.2. The fourth-order valence-corrected chi connectivity index (χ4v) is 6.50. The highest BCUT2D eigenvalue weighted by molar-refractivity contribution is 6.12. The predicted molar refractivity (Wildman–Crippen MR) is 167 cm³/mol. The second kappa shape index (κ2) is 12.5. The number of likely N-dealkylation sites (N-methyl/N-ethyl adjacent to an activating group) is 1.